The Morgan fingerprint density at radius 2 is 1.82 bits per heavy atom. The first-order valence-electron chi connectivity index (χ1n) is 13.9. The topological polar surface area (TPSA) is 142 Å². The zero-order chi connectivity index (χ0) is 27.9. The highest BCUT2D eigenvalue weighted by molar-refractivity contribution is 5.97. The van der Waals surface area contributed by atoms with Gasteiger partial charge in [0.25, 0.3) is 5.91 Å². The first-order chi connectivity index (χ1) is 18.0. The summed E-state index contributed by atoms with van der Waals surface area (Å²) in [5.41, 5.74) is -0.562. The fourth-order valence-electron chi connectivity index (χ4n) is 5.65. The second-order valence-corrected chi connectivity index (χ2v) is 11.8. The molecule has 1 saturated carbocycles. The molecule has 38 heavy (non-hydrogen) atoms. The molecule has 3 amide bonds. The van der Waals surface area contributed by atoms with Gasteiger partial charge in [-0.05, 0) is 42.9 Å². The fourth-order valence-corrected chi connectivity index (χ4v) is 5.65. The van der Waals surface area contributed by atoms with E-state index in [-0.39, 0.29) is 23.4 Å². The molecule has 4 atom stereocenters. The Morgan fingerprint density at radius 3 is 2.39 bits per heavy atom. The third kappa shape index (κ3) is 7.51. The minimum absolute atomic E-state index is 0.0722. The normalized spacial score (nSPS) is 21.9. The van der Waals surface area contributed by atoms with E-state index in [9.17, 15) is 24.3 Å². The molecular weight excluding hydrogens is 486 g/mol. The number of amides is 3. The molecule has 2 heterocycles. The minimum atomic E-state index is -1.02. The molecule has 0 aromatic carbocycles. The van der Waals surface area contributed by atoms with Crippen molar-refractivity contribution in [3.8, 4) is 0 Å². The molecule has 1 aromatic heterocycles. The van der Waals surface area contributed by atoms with Crippen LogP contribution in [0.15, 0.2) is 18.6 Å². The number of carboxylic acids is 1. The van der Waals surface area contributed by atoms with Crippen LogP contribution >= 0.6 is 0 Å². The maximum atomic E-state index is 13.8. The van der Waals surface area contributed by atoms with Gasteiger partial charge in [-0.1, -0.05) is 59.8 Å². The molecule has 1 aliphatic carbocycles. The average molecular weight is 530 g/mol. The van der Waals surface area contributed by atoms with Gasteiger partial charge in [0.2, 0.25) is 11.8 Å². The van der Waals surface area contributed by atoms with Gasteiger partial charge in [-0.25, -0.2) is 9.78 Å². The minimum Gasteiger partial charge on any atom is -0.480 e. The number of hydrogen-bond acceptors (Lipinski definition) is 6. The Balaban J connectivity index is 1.82. The van der Waals surface area contributed by atoms with Crippen LogP contribution in [0.3, 0.4) is 0 Å². The smallest absolute Gasteiger partial charge is 0.326 e. The molecule has 1 aromatic rings. The van der Waals surface area contributed by atoms with E-state index in [0.29, 0.717) is 13.0 Å². The van der Waals surface area contributed by atoms with Crippen LogP contribution in [0, 0.1) is 17.3 Å². The number of carboxylic acid groups (broad SMARTS) is 1. The molecule has 210 valence electrons. The molecule has 2 fully saturated rings. The average Bonchev–Trinajstić information content (AvgIpc) is 3.33. The number of nitrogens with zero attached hydrogens (tertiary/aromatic N) is 3. The zero-order valence-corrected chi connectivity index (χ0v) is 23.1. The number of likely N-dealkylation sites (tertiary alicyclic amines) is 1. The van der Waals surface area contributed by atoms with Crippen molar-refractivity contribution in [1.29, 1.82) is 0 Å². The summed E-state index contributed by atoms with van der Waals surface area (Å²) in [5, 5.41) is 15.7. The number of carbonyl (C=O) groups is 4. The Hall–Kier alpha value is -3.04. The lowest BCUT2D eigenvalue weighted by Gasteiger charge is -2.37. The lowest BCUT2D eigenvalue weighted by atomic mass is 9.82. The van der Waals surface area contributed by atoms with E-state index in [2.05, 4.69) is 27.5 Å². The number of rotatable bonds is 10. The SMILES string of the molecule is CCCCC1C[C@@H](C(=O)O)N(C(=O)C(NC(=O)C(NC(=O)c2cnccn2)C2CCCCC2)C(C)(C)C)C1. The highest BCUT2D eigenvalue weighted by atomic mass is 16.4. The summed E-state index contributed by atoms with van der Waals surface area (Å²) >= 11 is 0. The number of unbranched alkanes of at least 4 members (excludes halogenated alkanes) is 1. The van der Waals surface area contributed by atoms with E-state index in [4.69, 9.17) is 0 Å². The van der Waals surface area contributed by atoms with Crippen molar-refractivity contribution in [3.05, 3.63) is 24.3 Å². The van der Waals surface area contributed by atoms with Gasteiger partial charge in [0.05, 0.1) is 6.20 Å². The van der Waals surface area contributed by atoms with Crippen molar-refractivity contribution in [2.24, 2.45) is 17.3 Å². The van der Waals surface area contributed by atoms with Crippen LogP contribution < -0.4 is 10.6 Å². The van der Waals surface area contributed by atoms with Crippen LogP contribution in [-0.4, -0.2) is 68.3 Å². The van der Waals surface area contributed by atoms with Crippen molar-refractivity contribution in [2.45, 2.75) is 104 Å². The Morgan fingerprint density at radius 1 is 1.11 bits per heavy atom. The lowest BCUT2D eigenvalue weighted by molar-refractivity contribution is -0.151. The molecule has 1 saturated heterocycles. The van der Waals surface area contributed by atoms with Gasteiger partial charge in [0.15, 0.2) is 0 Å². The summed E-state index contributed by atoms with van der Waals surface area (Å²) in [6.45, 7) is 8.01. The molecule has 0 bridgehead atoms. The van der Waals surface area contributed by atoms with Gasteiger partial charge < -0.3 is 20.6 Å². The lowest BCUT2D eigenvalue weighted by Crippen LogP contribution is -2.61. The molecule has 0 spiro atoms. The molecule has 3 unspecified atom stereocenters. The van der Waals surface area contributed by atoms with Crippen LogP contribution in [0.25, 0.3) is 0 Å². The van der Waals surface area contributed by atoms with E-state index < -0.39 is 41.3 Å². The molecular formula is C28H43N5O5. The molecule has 2 aliphatic rings. The van der Waals surface area contributed by atoms with Crippen LogP contribution in [0.5, 0.6) is 0 Å². The Labute approximate surface area is 225 Å². The predicted octanol–water partition coefficient (Wildman–Crippen LogP) is 3.18. The monoisotopic (exact) mass is 529 g/mol. The molecule has 0 radical (unpaired) electrons. The summed E-state index contributed by atoms with van der Waals surface area (Å²) < 4.78 is 0. The van der Waals surface area contributed by atoms with Crippen LogP contribution in [0.2, 0.25) is 0 Å². The van der Waals surface area contributed by atoms with Gasteiger partial charge in [-0.2, -0.15) is 0 Å². The summed E-state index contributed by atoms with van der Waals surface area (Å²) in [7, 11) is 0. The van der Waals surface area contributed by atoms with Gasteiger partial charge in [0.1, 0.15) is 23.8 Å². The standard InChI is InChI=1S/C28H43N5O5/c1-5-6-10-18-15-21(27(37)38)33(17-18)26(36)23(28(2,3)4)32-25(35)22(19-11-8-7-9-12-19)31-24(34)20-16-29-13-14-30-20/h13-14,16,18-19,21-23H,5-12,15,17H2,1-4H3,(H,31,34)(H,32,35)(H,37,38)/t18?,21-,22?,23?/m0/s1. The van der Waals surface area contributed by atoms with E-state index >= 15 is 0 Å². The Kier molecular flexibility index (Phi) is 10.2. The maximum Gasteiger partial charge on any atom is 0.326 e. The van der Waals surface area contributed by atoms with Gasteiger partial charge in [-0.15, -0.1) is 0 Å². The number of hydrogen-bond donors (Lipinski definition) is 3. The predicted molar refractivity (Wildman–Crippen MR) is 142 cm³/mol. The van der Waals surface area contributed by atoms with Crippen molar-refractivity contribution in [2.75, 3.05) is 6.54 Å². The zero-order valence-electron chi connectivity index (χ0n) is 23.1. The van der Waals surface area contributed by atoms with Gasteiger partial charge in [0, 0.05) is 18.9 Å². The number of nitrogens with one attached hydrogen (secondary N) is 2. The van der Waals surface area contributed by atoms with E-state index in [1.165, 1.54) is 23.5 Å². The molecule has 1 aliphatic heterocycles. The quantitative estimate of drug-likeness (QED) is 0.423. The van der Waals surface area contributed by atoms with Crippen LogP contribution in [0.1, 0.15) is 96.0 Å². The second-order valence-electron chi connectivity index (χ2n) is 11.8. The molecule has 3 N–H and O–H groups in total. The second kappa shape index (κ2) is 13.2. The van der Waals surface area contributed by atoms with Crippen LogP contribution in [-0.2, 0) is 14.4 Å². The highest BCUT2D eigenvalue weighted by Gasteiger charge is 2.45. The highest BCUT2D eigenvalue weighted by Crippen LogP contribution is 2.32. The molecule has 10 nitrogen and oxygen atoms in total. The third-order valence-electron chi connectivity index (χ3n) is 7.81. The summed E-state index contributed by atoms with van der Waals surface area (Å²) in [5.74, 6) is -2.29. The number of aliphatic carboxylic acids is 1. The first-order valence-corrected chi connectivity index (χ1v) is 13.9. The van der Waals surface area contributed by atoms with Crippen molar-refractivity contribution >= 4 is 23.7 Å². The van der Waals surface area contributed by atoms with Crippen molar-refractivity contribution in [3.63, 3.8) is 0 Å². The fraction of sp³-hybridized carbons (Fsp3) is 0.714. The first kappa shape index (κ1) is 29.5. The maximum absolute atomic E-state index is 13.8. The van der Waals surface area contributed by atoms with Gasteiger partial charge in [-0.3, -0.25) is 19.4 Å². The third-order valence-corrected chi connectivity index (χ3v) is 7.81. The number of aromatic nitrogens is 2. The van der Waals surface area contributed by atoms with E-state index in [1.54, 1.807) is 0 Å². The Bertz CT molecular complexity index is 974. The molecule has 10 heteroatoms. The largest absolute Gasteiger partial charge is 0.480 e. The number of carbonyl (C=O) groups excluding carboxylic acids is 3. The summed E-state index contributed by atoms with van der Waals surface area (Å²) in [6, 6.07) is -2.69. The van der Waals surface area contributed by atoms with Gasteiger partial charge >= 0.3 is 5.97 Å². The summed E-state index contributed by atoms with van der Waals surface area (Å²) in [4.78, 5) is 62.0. The van der Waals surface area contributed by atoms with Crippen molar-refractivity contribution < 1.29 is 24.3 Å². The summed E-state index contributed by atoms with van der Waals surface area (Å²) in [6.07, 6.45) is 12.1. The van der Waals surface area contributed by atoms with Crippen molar-refractivity contribution in [1.82, 2.24) is 25.5 Å². The van der Waals surface area contributed by atoms with Crippen LogP contribution in [0.4, 0.5) is 0 Å². The van der Waals surface area contributed by atoms with E-state index in [1.807, 2.05) is 20.8 Å². The molecule has 3 rings (SSSR count). The van der Waals surface area contributed by atoms with E-state index in [0.717, 1.165) is 51.4 Å².